The molecule has 2 unspecified atom stereocenters. The molecular formula is C17H22N2OS. The van der Waals surface area contributed by atoms with Crippen molar-refractivity contribution in [2.45, 2.75) is 50.5 Å². The third-order valence-electron chi connectivity index (χ3n) is 4.78. The van der Waals surface area contributed by atoms with E-state index in [1.807, 2.05) is 11.0 Å². The number of nitrogens with zero attached hydrogens (tertiary/aromatic N) is 1. The molecule has 1 aromatic carbocycles. The monoisotopic (exact) mass is 302 g/mol. The second-order valence-corrected chi connectivity index (χ2v) is 6.56. The lowest BCUT2D eigenvalue weighted by atomic mass is 9.81. The molecule has 1 saturated heterocycles. The summed E-state index contributed by atoms with van der Waals surface area (Å²) in [5.41, 5.74) is 8.39. The van der Waals surface area contributed by atoms with Gasteiger partial charge in [-0.15, -0.1) is 0 Å². The van der Waals surface area contributed by atoms with Crippen LogP contribution in [0.2, 0.25) is 0 Å². The van der Waals surface area contributed by atoms with Crippen molar-refractivity contribution in [1.29, 1.82) is 0 Å². The summed E-state index contributed by atoms with van der Waals surface area (Å²) < 4.78 is 0. The minimum atomic E-state index is -0.0460. The Kier molecular flexibility index (Phi) is 4.24. The van der Waals surface area contributed by atoms with Crippen molar-refractivity contribution in [3.8, 4) is 0 Å². The highest BCUT2D eigenvalue weighted by Gasteiger charge is 2.35. The van der Waals surface area contributed by atoms with Crippen molar-refractivity contribution in [3.63, 3.8) is 0 Å². The Morgan fingerprint density at radius 3 is 2.81 bits per heavy atom. The lowest BCUT2D eigenvalue weighted by Crippen LogP contribution is -2.51. The molecule has 0 saturated carbocycles. The van der Waals surface area contributed by atoms with E-state index < -0.39 is 0 Å². The van der Waals surface area contributed by atoms with Gasteiger partial charge in [0.25, 0.3) is 0 Å². The molecule has 21 heavy (non-hydrogen) atoms. The van der Waals surface area contributed by atoms with Crippen LogP contribution < -0.4 is 5.73 Å². The van der Waals surface area contributed by atoms with Crippen LogP contribution in [0, 0.1) is 0 Å². The fourth-order valence-electron chi connectivity index (χ4n) is 3.70. The Balaban J connectivity index is 1.86. The fraction of sp³-hybridized carbons (Fsp3) is 0.529. The Bertz CT molecular complexity index is 557. The molecule has 1 aliphatic carbocycles. The van der Waals surface area contributed by atoms with Crippen molar-refractivity contribution in [1.82, 2.24) is 4.90 Å². The van der Waals surface area contributed by atoms with E-state index in [4.69, 9.17) is 18.0 Å². The van der Waals surface area contributed by atoms with Gasteiger partial charge in [0.1, 0.15) is 0 Å². The maximum Gasteiger partial charge on any atom is 0.230 e. The van der Waals surface area contributed by atoms with Crippen LogP contribution in [-0.2, 0) is 11.2 Å². The Morgan fingerprint density at radius 1 is 1.19 bits per heavy atom. The predicted octanol–water partition coefficient (Wildman–Crippen LogP) is 2.77. The van der Waals surface area contributed by atoms with Gasteiger partial charge in [-0.05, 0) is 49.7 Å². The minimum absolute atomic E-state index is 0.00935. The molecule has 2 N–H and O–H groups in total. The molecule has 0 radical (unpaired) electrons. The second kappa shape index (κ2) is 6.14. The van der Waals surface area contributed by atoms with E-state index in [0.717, 1.165) is 45.1 Å². The number of hydrogen-bond donors (Lipinski definition) is 1. The largest absolute Gasteiger partial charge is 0.392 e. The molecule has 4 heteroatoms. The van der Waals surface area contributed by atoms with Crippen LogP contribution in [0.1, 0.15) is 49.1 Å². The Morgan fingerprint density at radius 2 is 2.00 bits per heavy atom. The zero-order valence-electron chi connectivity index (χ0n) is 12.3. The van der Waals surface area contributed by atoms with Crippen LogP contribution >= 0.6 is 12.2 Å². The highest BCUT2D eigenvalue weighted by Crippen LogP contribution is 2.34. The number of carbonyl (C=O) groups is 1. The smallest absolute Gasteiger partial charge is 0.230 e. The quantitative estimate of drug-likeness (QED) is 0.855. The minimum Gasteiger partial charge on any atom is -0.392 e. The zero-order valence-corrected chi connectivity index (χ0v) is 13.1. The first-order valence-corrected chi connectivity index (χ1v) is 8.27. The number of nitrogens with two attached hydrogens (primary N) is 1. The first kappa shape index (κ1) is 14.5. The Hall–Kier alpha value is -1.42. The number of piperidine rings is 1. The van der Waals surface area contributed by atoms with Crippen LogP contribution in [0.25, 0.3) is 0 Å². The summed E-state index contributed by atoms with van der Waals surface area (Å²) in [6, 6.07) is 8.30. The third kappa shape index (κ3) is 2.82. The van der Waals surface area contributed by atoms with Gasteiger partial charge in [-0.1, -0.05) is 36.5 Å². The zero-order chi connectivity index (χ0) is 14.8. The van der Waals surface area contributed by atoms with Crippen molar-refractivity contribution in [2.75, 3.05) is 6.54 Å². The average Bonchev–Trinajstić information content (AvgIpc) is 2.53. The van der Waals surface area contributed by atoms with Gasteiger partial charge in [0.05, 0.1) is 16.9 Å². The molecule has 1 fully saturated rings. The average molecular weight is 302 g/mol. The lowest BCUT2D eigenvalue weighted by Gasteiger charge is -2.38. The van der Waals surface area contributed by atoms with Crippen molar-refractivity contribution in [2.24, 2.45) is 5.73 Å². The highest BCUT2D eigenvalue weighted by molar-refractivity contribution is 7.80. The van der Waals surface area contributed by atoms with E-state index in [0.29, 0.717) is 4.99 Å². The van der Waals surface area contributed by atoms with E-state index in [1.165, 1.54) is 11.1 Å². The molecule has 2 atom stereocenters. The second-order valence-electron chi connectivity index (χ2n) is 6.09. The Labute approximate surface area is 131 Å². The summed E-state index contributed by atoms with van der Waals surface area (Å²) >= 11 is 5.17. The maximum atomic E-state index is 13.0. The van der Waals surface area contributed by atoms with Gasteiger partial charge >= 0.3 is 0 Å². The normalized spacial score (nSPS) is 25.2. The van der Waals surface area contributed by atoms with Crippen molar-refractivity contribution >= 4 is 23.1 Å². The van der Waals surface area contributed by atoms with Crippen LogP contribution in [0.3, 0.4) is 0 Å². The molecule has 3 nitrogen and oxygen atoms in total. The van der Waals surface area contributed by atoms with Crippen LogP contribution in [0.5, 0.6) is 0 Å². The van der Waals surface area contributed by atoms with E-state index in [1.54, 1.807) is 0 Å². The molecule has 3 rings (SSSR count). The van der Waals surface area contributed by atoms with Gasteiger partial charge in [0.2, 0.25) is 5.91 Å². The molecule has 0 bridgehead atoms. The molecule has 112 valence electrons. The molecule has 0 aromatic heterocycles. The van der Waals surface area contributed by atoms with Crippen LogP contribution in [0.15, 0.2) is 24.3 Å². The van der Waals surface area contributed by atoms with E-state index in [9.17, 15) is 4.79 Å². The van der Waals surface area contributed by atoms with Crippen molar-refractivity contribution in [3.05, 3.63) is 35.4 Å². The third-order valence-corrected chi connectivity index (χ3v) is 5.05. The number of carbonyl (C=O) groups excluding carboxylic acids is 1. The number of thiocarbonyl (C=S) groups is 1. The van der Waals surface area contributed by atoms with Gasteiger partial charge in [-0.2, -0.15) is 0 Å². The molecule has 1 heterocycles. The van der Waals surface area contributed by atoms with E-state index >= 15 is 0 Å². The fourth-order valence-corrected chi connectivity index (χ4v) is 3.95. The molecule has 1 aromatic rings. The van der Waals surface area contributed by atoms with Gasteiger partial charge in [0.15, 0.2) is 0 Å². The summed E-state index contributed by atoms with van der Waals surface area (Å²) in [5.74, 6) is 0.213. The van der Waals surface area contributed by atoms with Gasteiger partial charge in [0, 0.05) is 6.54 Å². The lowest BCUT2D eigenvalue weighted by molar-refractivity contribution is -0.135. The first-order valence-electron chi connectivity index (χ1n) is 7.86. The summed E-state index contributed by atoms with van der Waals surface area (Å²) in [6.45, 7) is 0.791. The number of likely N-dealkylation sites (tertiary alicyclic amines) is 1. The molecular weight excluding hydrogens is 280 g/mol. The first-order chi connectivity index (χ1) is 10.2. The van der Waals surface area contributed by atoms with Gasteiger partial charge in [-0.3, -0.25) is 4.79 Å². The van der Waals surface area contributed by atoms with Crippen molar-refractivity contribution < 1.29 is 4.79 Å². The molecule has 1 amide bonds. The van der Waals surface area contributed by atoms with Gasteiger partial charge < -0.3 is 10.6 Å². The maximum absolute atomic E-state index is 13.0. The number of amides is 1. The number of benzene rings is 1. The topological polar surface area (TPSA) is 46.3 Å². The number of rotatable bonds is 2. The molecule has 0 spiro atoms. The summed E-state index contributed by atoms with van der Waals surface area (Å²) in [5, 5.41) is 0. The summed E-state index contributed by atoms with van der Waals surface area (Å²) in [6.07, 6.45) is 6.18. The number of hydrogen-bond acceptors (Lipinski definition) is 2. The van der Waals surface area contributed by atoms with Crippen LogP contribution in [0.4, 0.5) is 0 Å². The summed E-state index contributed by atoms with van der Waals surface area (Å²) in [7, 11) is 0. The standard InChI is InChI=1S/C17H22N2OS/c18-16(21)15-10-3-4-11-19(15)17(20)14-9-5-7-12-6-1-2-8-13(12)14/h1-2,6,8,14-15H,3-5,7,9-11H2,(H2,18,21). The van der Waals surface area contributed by atoms with E-state index in [2.05, 4.69) is 18.2 Å². The van der Waals surface area contributed by atoms with Crippen LogP contribution in [-0.4, -0.2) is 28.4 Å². The highest BCUT2D eigenvalue weighted by atomic mass is 32.1. The predicted molar refractivity (Wildman–Crippen MR) is 88.3 cm³/mol. The summed E-state index contributed by atoms with van der Waals surface area (Å²) in [4.78, 5) is 15.4. The SMILES string of the molecule is NC(=S)C1CCCCN1C(=O)C1CCCc2ccccc21. The molecule has 2 aliphatic rings. The van der Waals surface area contributed by atoms with E-state index in [-0.39, 0.29) is 17.9 Å². The number of aryl methyl sites for hydroxylation is 1. The van der Waals surface area contributed by atoms with Gasteiger partial charge in [-0.25, -0.2) is 0 Å². The number of fused-ring (bicyclic) bond motifs is 1. The molecule has 1 aliphatic heterocycles.